The van der Waals surface area contributed by atoms with Gasteiger partial charge in [0.1, 0.15) is 0 Å². The molecule has 2 aromatic carbocycles. The highest BCUT2D eigenvalue weighted by Crippen LogP contribution is 2.27. The maximum absolute atomic E-state index is 12.5. The maximum atomic E-state index is 12.5. The van der Waals surface area contributed by atoms with Crippen molar-refractivity contribution in [1.82, 2.24) is 9.55 Å². The third-order valence-electron chi connectivity index (χ3n) is 3.14. The summed E-state index contributed by atoms with van der Waals surface area (Å²) >= 11 is 0. The minimum Gasteiger partial charge on any atom is -0.404 e. The lowest BCUT2D eigenvalue weighted by Gasteiger charge is -2.14. The van der Waals surface area contributed by atoms with E-state index in [1.807, 2.05) is 0 Å². The van der Waals surface area contributed by atoms with Gasteiger partial charge in [-0.25, -0.2) is 9.36 Å². The second-order valence-corrected chi connectivity index (χ2v) is 4.63. The molecule has 0 amide bonds. The van der Waals surface area contributed by atoms with Gasteiger partial charge < -0.3 is 9.72 Å². The number of halogens is 3. The number of rotatable bonds is 2. The van der Waals surface area contributed by atoms with Crippen molar-refractivity contribution in [3.63, 3.8) is 0 Å². The topological polar surface area (TPSA) is 64.1 Å². The molecule has 3 aromatic rings. The van der Waals surface area contributed by atoms with Gasteiger partial charge in [0.05, 0.1) is 16.6 Å². The standard InChI is InChI=1S/C15H9F3N2O3/c16-15(17,18)23-12-8-4-3-7-11(12)20-13(21)9-5-1-2-6-10(9)19-14(20)22/h1-8H,(H,19,22). The summed E-state index contributed by atoms with van der Waals surface area (Å²) in [7, 11) is 0. The third-order valence-corrected chi connectivity index (χ3v) is 3.14. The Morgan fingerprint density at radius 3 is 2.35 bits per heavy atom. The van der Waals surface area contributed by atoms with Gasteiger partial charge in [-0.3, -0.25) is 4.79 Å². The van der Waals surface area contributed by atoms with Crippen LogP contribution >= 0.6 is 0 Å². The number of nitrogens with zero attached hydrogens (tertiary/aromatic N) is 1. The predicted molar refractivity (Wildman–Crippen MR) is 76.8 cm³/mol. The van der Waals surface area contributed by atoms with E-state index in [9.17, 15) is 22.8 Å². The molecule has 23 heavy (non-hydrogen) atoms. The molecular formula is C15H9F3N2O3. The van der Waals surface area contributed by atoms with Crippen LogP contribution in [0.4, 0.5) is 13.2 Å². The van der Waals surface area contributed by atoms with E-state index in [0.29, 0.717) is 10.1 Å². The Morgan fingerprint density at radius 1 is 0.957 bits per heavy atom. The van der Waals surface area contributed by atoms with Crippen LogP contribution in [0.2, 0.25) is 0 Å². The number of hydrogen-bond donors (Lipinski definition) is 1. The smallest absolute Gasteiger partial charge is 0.404 e. The van der Waals surface area contributed by atoms with Crippen LogP contribution in [0.3, 0.4) is 0 Å². The van der Waals surface area contributed by atoms with Crippen LogP contribution in [0.25, 0.3) is 16.6 Å². The molecule has 0 saturated carbocycles. The lowest BCUT2D eigenvalue weighted by atomic mass is 10.2. The zero-order chi connectivity index (χ0) is 16.6. The summed E-state index contributed by atoms with van der Waals surface area (Å²) in [6.07, 6.45) is -4.94. The molecule has 3 rings (SSSR count). The maximum Gasteiger partial charge on any atom is 0.573 e. The molecule has 1 heterocycles. The second-order valence-electron chi connectivity index (χ2n) is 4.63. The molecule has 0 bridgehead atoms. The lowest BCUT2D eigenvalue weighted by molar-refractivity contribution is -0.274. The van der Waals surface area contributed by atoms with Gasteiger partial charge in [-0.1, -0.05) is 24.3 Å². The fourth-order valence-electron chi connectivity index (χ4n) is 2.23. The summed E-state index contributed by atoms with van der Waals surface area (Å²) in [5.41, 5.74) is -1.58. The zero-order valence-corrected chi connectivity index (χ0v) is 11.4. The number of H-pyrrole nitrogens is 1. The molecule has 5 nitrogen and oxygen atoms in total. The van der Waals surface area contributed by atoms with Crippen molar-refractivity contribution >= 4 is 10.9 Å². The van der Waals surface area contributed by atoms with Crippen LogP contribution in [0.1, 0.15) is 0 Å². The SMILES string of the molecule is O=c1[nH]c2ccccc2c(=O)n1-c1ccccc1OC(F)(F)F. The Hall–Kier alpha value is -3.03. The van der Waals surface area contributed by atoms with E-state index in [0.717, 1.165) is 6.07 Å². The molecule has 0 aliphatic heterocycles. The van der Waals surface area contributed by atoms with Crippen molar-refractivity contribution < 1.29 is 17.9 Å². The molecule has 1 aromatic heterocycles. The molecule has 118 valence electrons. The molecule has 0 atom stereocenters. The molecule has 0 aliphatic carbocycles. The van der Waals surface area contributed by atoms with Crippen molar-refractivity contribution in [2.45, 2.75) is 6.36 Å². The van der Waals surface area contributed by atoms with Crippen molar-refractivity contribution in [2.75, 3.05) is 0 Å². The van der Waals surface area contributed by atoms with Gasteiger partial charge in [0, 0.05) is 0 Å². The Labute approximate surface area is 126 Å². The minimum absolute atomic E-state index is 0.175. The fourth-order valence-corrected chi connectivity index (χ4v) is 2.23. The van der Waals surface area contributed by atoms with Crippen molar-refractivity contribution in [3.05, 3.63) is 69.4 Å². The van der Waals surface area contributed by atoms with Gasteiger partial charge >= 0.3 is 12.1 Å². The molecule has 0 fully saturated rings. The summed E-state index contributed by atoms with van der Waals surface area (Å²) in [6.45, 7) is 0. The van der Waals surface area contributed by atoms with E-state index in [1.54, 1.807) is 12.1 Å². The van der Waals surface area contributed by atoms with Gasteiger partial charge in [0.25, 0.3) is 5.56 Å². The number of fused-ring (bicyclic) bond motifs is 1. The minimum atomic E-state index is -4.94. The highest BCUT2D eigenvalue weighted by atomic mass is 19.4. The summed E-state index contributed by atoms with van der Waals surface area (Å²) in [5, 5.41) is 0.175. The van der Waals surface area contributed by atoms with Gasteiger partial charge in [0.15, 0.2) is 5.75 Å². The van der Waals surface area contributed by atoms with Crippen LogP contribution in [0.5, 0.6) is 5.75 Å². The van der Waals surface area contributed by atoms with Crippen molar-refractivity contribution in [3.8, 4) is 11.4 Å². The van der Waals surface area contributed by atoms with Crippen LogP contribution in [0, 0.1) is 0 Å². The Balaban J connectivity index is 2.30. The van der Waals surface area contributed by atoms with E-state index in [2.05, 4.69) is 9.72 Å². The van der Waals surface area contributed by atoms with Crippen LogP contribution in [-0.2, 0) is 0 Å². The van der Waals surface area contributed by atoms with E-state index < -0.39 is 23.4 Å². The normalized spacial score (nSPS) is 11.6. The summed E-state index contributed by atoms with van der Waals surface area (Å²) in [4.78, 5) is 27.1. The average molecular weight is 322 g/mol. The third kappa shape index (κ3) is 2.83. The highest BCUT2D eigenvalue weighted by molar-refractivity contribution is 5.77. The fraction of sp³-hybridized carbons (Fsp3) is 0.0667. The largest absolute Gasteiger partial charge is 0.573 e. The second kappa shape index (κ2) is 5.31. The van der Waals surface area contributed by atoms with E-state index in [-0.39, 0.29) is 11.1 Å². The molecule has 0 radical (unpaired) electrons. The predicted octanol–water partition coefficient (Wildman–Crippen LogP) is 2.58. The van der Waals surface area contributed by atoms with Crippen LogP contribution in [0.15, 0.2) is 58.1 Å². The number of nitrogens with one attached hydrogen (secondary N) is 1. The van der Waals surface area contributed by atoms with E-state index in [4.69, 9.17) is 0 Å². The zero-order valence-electron chi connectivity index (χ0n) is 11.4. The first-order valence-electron chi connectivity index (χ1n) is 6.46. The monoisotopic (exact) mass is 322 g/mol. The molecule has 0 aliphatic rings. The van der Waals surface area contributed by atoms with Crippen molar-refractivity contribution in [2.24, 2.45) is 0 Å². The number of hydrogen-bond acceptors (Lipinski definition) is 3. The Kier molecular flexibility index (Phi) is 3.44. The number of aromatic nitrogens is 2. The summed E-state index contributed by atoms with van der Waals surface area (Å²) in [6, 6.07) is 11.2. The number of para-hydroxylation sites is 3. The number of benzene rings is 2. The molecule has 0 unspecified atom stereocenters. The number of alkyl halides is 3. The number of aromatic amines is 1. The van der Waals surface area contributed by atoms with Crippen LogP contribution in [-0.4, -0.2) is 15.9 Å². The first-order chi connectivity index (χ1) is 10.9. The highest BCUT2D eigenvalue weighted by Gasteiger charge is 2.32. The van der Waals surface area contributed by atoms with Crippen molar-refractivity contribution in [1.29, 1.82) is 0 Å². The van der Waals surface area contributed by atoms with Gasteiger partial charge in [-0.15, -0.1) is 13.2 Å². The van der Waals surface area contributed by atoms with E-state index in [1.165, 1.54) is 30.3 Å². The number of ether oxygens (including phenoxy) is 1. The van der Waals surface area contributed by atoms with Gasteiger partial charge in [-0.05, 0) is 24.3 Å². The lowest BCUT2D eigenvalue weighted by Crippen LogP contribution is -2.34. The Bertz CT molecular complexity index is 989. The Morgan fingerprint density at radius 2 is 1.61 bits per heavy atom. The van der Waals surface area contributed by atoms with Gasteiger partial charge in [0.2, 0.25) is 0 Å². The molecule has 1 N–H and O–H groups in total. The summed E-state index contributed by atoms with van der Waals surface area (Å²) < 4.78 is 42.0. The molecular weight excluding hydrogens is 313 g/mol. The first kappa shape index (κ1) is 14.9. The summed E-state index contributed by atoms with van der Waals surface area (Å²) in [5.74, 6) is -0.636. The van der Waals surface area contributed by atoms with Gasteiger partial charge in [-0.2, -0.15) is 0 Å². The quantitative estimate of drug-likeness (QED) is 0.789. The van der Waals surface area contributed by atoms with Crippen LogP contribution < -0.4 is 16.0 Å². The first-order valence-corrected chi connectivity index (χ1v) is 6.46. The molecule has 8 heteroatoms. The average Bonchev–Trinajstić information content (AvgIpc) is 2.47. The molecule has 0 spiro atoms. The van der Waals surface area contributed by atoms with E-state index >= 15 is 0 Å². The molecule has 0 saturated heterocycles.